The first-order valence-corrected chi connectivity index (χ1v) is 7.61. The highest BCUT2D eigenvalue weighted by atomic mass is 16.1. The van der Waals surface area contributed by atoms with Gasteiger partial charge in [-0.3, -0.25) is 0 Å². The SMILES string of the molecule is CCCC1C2CC3CC1CC(CC(C)=O)(C3)C2. The monoisotopic (exact) mass is 234 g/mol. The number of ketones is 1. The standard InChI is InChI=1S/C16H26O/c1-3-4-15-13-5-12-6-14(15)10-16(8-12,9-13)7-11(2)17/h12-15H,3-10H2,1-2H3. The Morgan fingerprint density at radius 3 is 2.35 bits per heavy atom. The van der Waals surface area contributed by atoms with E-state index >= 15 is 0 Å². The van der Waals surface area contributed by atoms with Gasteiger partial charge in [-0.05, 0) is 68.1 Å². The molecular weight excluding hydrogens is 208 g/mol. The van der Waals surface area contributed by atoms with Crippen molar-refractivity contribution in [3.63, 3.8) is 0 Å². The van der Waals surface area contributed by atoms with E-state index in [9.17, 15) is 4.79 Å². The topological polar surface area (TPSA) is 17.1 Å². The summed E-state index contributed by atoms with van der Waals surface area (Å²) in [6, 6.07) is 0. The van der Waals surface area contributed by atoms with Crippen LogP contribution in [-0.4, -0.2) is 5.78 Å². The van der Waals surface area contributed by atoms with Crippen LogP contribution in [0.3, 0.4) is 0 Å². The van der Waals surface area contributed by atoms with Gasteiger partial charge in [0, 0.05) is 6.42 Å². The summed E-state index contributed by atoms with van der Waals surface area (Å²) in [4.78, 5) is 11.5. The van der Waals surface area contributed by atoms with Crippen molar-refractivity contribution in [3.8, 4) is 0 Å². The highest BCUT2D eigenvalue weighted by molar-refractivity contribution is 5.76. The molecule has 0 aromatic heterocycles. The first-order chi connectivity index (χ1) is 8.12. The molecule has 0 aliphatic heterocycles. The molecule has 0 saturated heterocycles. The molecule has 4 aliphatic carbocycles. The van der Waals surface area contributed by atoms with Crippen LogP contribution in [0.4, 0.5) is 0 Å². The molecule has 2 unspecified atom stereocenters. The fraction of sp³-hybridized carbons (Fsp3) is 0.938. The molecule has 0 N–H and O–H groups in total. The molecule has 4 saturated carbocycles. The van der Waals surface area contributed by atoms with Crippen molar-refractivity contribution in [1.82, 2.24) is 0 Å². The molecule has 0 amide bonds. The van der Waals surface area contributed by atoms with E-state index < -0.39 is 0 Å². The van der Waals surface area contributed by atoms with E-state index in [1.165, 1.54) is 44.9 Å². The molecule has 2 atom stereocenters. The van der Waals surface area contributed by atoms with Gasteiger partial charge in [-0.15, -0.1) is 0 Å². The maximum Gasteiger partial charge on any atom is 0.130 e. The molecular formula is C16H26O. The van der Waals surface area contributed by atoms with Crippen LogP contribution in [0, 0.1) is 29.1 Å². The molecule has 0 heterocycles. The Morgan fingerprint density at radius 1 is 1.18 bits per heavy atom. The predicted molar refractivity (Wildman–Crippen MR) is 69.7 cm³/mol. The molecule has 0 radical (unpaired) electrons. The van der Waals surface area contributed by atoms with E-state index in [0.29, 0.717) is 11.2 Å². The summed E-state index contributed by atoms with van der Waals surface area (Å²) < 4.78 is 0. The predicted octanol–water partition coefficient (Wildman–Crippen LogP) is 4.21. The lowest BCUT2D eigenvalue weighted by atomic mass is 9.45. The van der Waals surface area contributed by atoms with Crippen molar-refractivity contribution in [3.05, 3.63) is 0 Å². The molecule has 1 heteroatoms. The lowest BCUT2D eigenvalue weighted by Gasteiger charge is -2.60. The second kappa shape index (κ2) is 4.10. The lowest BCUT2D eigenvalue weighted by molar-refractivity contribution is -0.131. The van der Waals surface area contributed by atoms with E-state index in [-0.39, 0.29) is 0 Å². The second-order valence-corrected chi connectivity index (χ2v) is 7.30. The minimum atomic E-state index is 0.430. The van der Waals surface area contributed by atoms with E-state index in [1.807, 2.05) is 0 Å². The molecule has 96 valence electrons. The van der Waals surface area contributed by atoms with Gasteiger partial charge in [0.1, 0.15) is 5.78 Å². The number of Topliss-reactive ketones (excluding diaryl/α,β-unsaturated/α-hetero) is 1. The van der Waals surface area contributed by atoms with Crippen molar-refractivity contribution in [2.75, 3.05) is 0 Å². The van der Waals surface area contributed by atoms with Crippen LogP contribution >= 0.6 is 0 Å². The van der Waals surface area contributed by atoms with Crippen LogP contribution in [0.25, 0.3) is 0 Å². The highest BCUT2D eigenvalue weighted by Crippen LogP contribution is 2.64. The molecule has 0 spiro atoms. The average molecular weight is 234 g/mol. The maximum atomic E-state index is 11.5. The van der Waals surface area contributed by atoms with Crippen LogP contribution in [0.5, 0.6) is 0 Å². The first-order valence-electron chi connectivity index (χ1n) is 7.61. The molecule has 1 nitrogen and oxygen atoms in total. The summed E-state index contributed by atoms with van der Waals surface area (Å²) in [6.45, 7) is 4.12. The molecule has 4 fully saturated rings. The normalized spacial score (nSPS) is 47.4. The van der Waals surface area contributed by atoms with Crippen LogP contribution in [-0.2, 0) is 4.79 Å². The maximum absolute atomic E-state index is 11.5. The van der Waals surface area contributed by atoms with Crippen molar-refractivity contribution in [2.24, 2.45) is 29.1 Å². The van der Waals surface area contributed by atoms with Gasteiger partial charge < -0.3 is 4.79 Å². The fourth-order valence-corrected chi connectivity index (χ4v) is 5.85. The number of rotatable bonds is 4. The Bertz CT molecular complexity index is 303. The lowest BCUT2D eigenvalue weighted by Crippen LogP contribution is -2.51. The molecule has 4 bridgehead atoms. The Hall–Kier alpha value is -0.330. The Labute approximate surface area is 105 Å². The number of hydrogen-bond acceptors (Lipinski definition) is 1. The zero-order valence-electron chi connectivity index (χ0n) is 11.4. The third-order valence-corrected chi connectivity index (χ3v) is 5.84. The summed E-state index contributed by atoms with van der Waals surface area (Å²) in [5.41, 5.74) is 0.451. The highest BCUT2D eigenvalue weighted by Gasteiger charge is 2.54. The summed E-state index contributed by atoms with van der Waals surface area (Å²) >= 11 is 0. The number of carbonyl (C=O) groups is 1. The minimum absolute atomic E-state index is 0.430. The molecule has 0 aromatic rings. The van der Waals surface area contributed by atoms with Gasteiger partial charge in [0.15, 0.2) is 0 Å². The van der Waals surface area contributed by atoms with Gasteiger partial charge in [-0.25, -0.2) is 0 Å². The molecule has 4 aliphatic rings. The van der Waals surface area contributed by atoms with Crippen molar-refractivity contribution >= 4 is 5.78 Å². The average Bonchev–Trinajstić information content (AvgIpc) is 2.20. The van der Waals surface area contributed by atoms with Gasteiger partial charge in [0.05, 0.1) is 0 Å². The van der Waals surface area contributed by atoms with Crippen LogP contribution in [0.15, 0.2) is 0 Å². The van der Waals surface area contributed by atoms with Crippen LogP contribution in [0.2, 0.25) is 0 Å². The van der Waals surface area contributed by atoms with Gasteiger partial charge in [-0.2, -0.15) is 0 Å². The van der Waals surface area contributed by atoms with Crippen molar-refractivity contribution < 1.29 is 4.79 Å². The summed E-state index contributed by atoms with van der Waals surface area (Å²) in [5, 5.41) is 0. The van der Waals surface area contributed by atoms with Gasteiger partial charge >= 0.3 is 0 Å². The van der Waals surface area contributed by atoms with E-state index in [1.54, 1.807) is 6.92 Å². The Morgan fingerprint density at radius 2 is 1.82 bits per heavy atom. The minimum Gasteiger partial charge on any atom is -0.300 e. The number of carbonyl (C=O) groups excluding carboxylic acids is 1. The number of hydrogen-bond donors (Lipinski definition) is 0. The van der Waals surface area contributed by atoms with Gasteiger partial charge in [-0.1, -0.05) is 19.8 Å². The summed E-state index contributed by atoms with van der Waals surface area (Å²) in [6.07, 6.45) is 10.8. The summed E-state index contributed by atoms with van der Waals surface area (Å²) in [7, 11) is 0. The largest absolute Gasteiger partial charge is 0.300 e. The quantitative estimate of drug-likeness (QED) is 0.712. The zero-order chi connectivity index (χ0) is 12.0. The third kappa shape index (κ3) is 1.96. The third-order valence-electron chi connectivity index (χ3n) is 5.84. The fourth-order valence-electron chi connectivity index (χ4n) is 5.85. The first kappa shape index (κ1) is 11.7. The van der Waals surface area contributed by atoms with E-state index in [0.717, 1.165) is 30.1 Å². The van der Waals surface area contributed by atoms with Gasteiger partial charge in [0.25, 0.3) is 0 Å². The molecule has 17 heavy (non-hydrogen) atoms. The van der Waals surface area contributed by atoms with Gasteiger partial charge in [0.2, 0.25) is 0 Å². The molecule has 4 rings (SSSR count). The van der Waals surface area contributed by atoms with Crippen molar-refractivity contribution in [1.29, 1.82) is 0 Å². The zero-order valence-corrected chi connectivity index (χ0v) is 11.4. The second-order valence-electron chi connectivity index (χ2n) is 7.30. The van der Waals surface area contributed by atoms with Crippen LogP contribution in [0.1, 0.15) is 65.2 Å². The van der Waals surface area contributed by atoms with E-state index in [2.05, 4.69) is 6.92 Å². The Kier molecular flexibility index (Phi) is 2.83. The summed E-state index contributed by atoms with van der Waals surface area (Å²) in [5.74, 6) is 4.36. The van der Waals surface area contributed by atoms with Crippen molar-refractivity contribution in [2.45, 2.75) is 65.2 Å². The smallest absolute Gasteiger partial charge is 0.130 e. The Balaban J connectivity index is 1.79. The molecule has 0 aromatic carbocycles. The van der Waals surface area contributed by atoms with E-state index in [4.69, 9.17) is 0 Å². The van der Waals surface area contributed by atoms with Crippen LogP contribution < -0.4 is 0 Å².